The van der Waals surface area contributed by atoms with Crippen LogP contribution in [0.2, 0.25) is 0 Å². The van der Waals surface area contributed by atoms with E-state index in [9.17, 15) is 5.11 Å². The van der Waals surface area contributed by atoms with Crippen molar-refractivity contribution in [2.24, 2.45) is 18.9 Å². The quantitative estimate of drug-likeness (QED) is 0.908. The van der Waals surface area contributed by atoms with Gasteiger partial charge < -0.3 is 5.11 Å². The second kappa shape index (κ2) is 4.88. The lowest BCUT2D eigenvalue weighted by Gasteiger charge is -2.30. The molecule has 0 amide bonds. The molecule has 90 valence electrons. The fourth-order valence-corrected chi connectivity index (χ4v) is 3.16. The van der Waals surface area contributed by atoms with Crippen molar-refractivity contribution in [2.75, 3.05) is 0 Å². The summed E-state index contributed by atoms with van der Waals surface area (Å²) < 4.78 is 2.69. The molecule has 0 aliphatic heterocycles. The van der Waals surface area contributed by atoms with Crippen LogP contribution in [0.25, 0.3) is 0 Å². The Balaban J connectivity index is 2.10. The molecule has 1 heterocycles. The van der Waals surface area contributed by atoms with Gasteiger partial charge in [-0.3, -0.25) is 4.68 Å². The van der Waals surface area contributed by atoms with Crippen molar-refractivity contribution in [1.29, 1.82) is 0 Å². The SMILES string of the molecule is CC1CCC(C(O)c2c(Br)cnn2C)CC1. The van der Waals surface area contributed by atoms with Crippen LogP contribution in [-0.2, 0) is 7.05 Å². The molecule has 0 aromatic carbocycles. The first-order valence-corrected chi connectivity index (χ1v) is 6.74. The third kappa shape index (κ3) is 2.33. The average Bonchev–Trinajstić information content (AvgIpc) is 2.59. The van der Waals surface area contributed by atoms with Gasteiger partial charge in [-0.2, -0.15) is 5.10 Å². The van der Waals surface area contributed by atoms with E-state index in [0.29, 0.717) is 5.92 Å². The van der Waals surface area contributed by atoms with Crippen LogP contribution in [0.5, 0.6) is 0 Å². The average molecular weight is 287 g/mol. The van der Waals surface area contributed by atoms with Crippen LogP contribution in [0.1, 0.15) is 44.4 Å². The first-order valence-electron chi connectivity index (χ1n) is 5.95. The summed E-state index contributed by atoms with van der Waals surface area (Å²) in [5, 5.41) is 14.5. The van der Waals surface area contributed by atoms with Gasteiger partial charge in [0.2, 0.25) is 0 Å². The van der Waals surface area contributed by atoms with Gasteiger partial charge in [-0.1, -0.05) is 19.8 Å². The van der Waals surface area contributed by atoms with Crippen LogP contribution in [0.3, 0.4) is 0 Å². The van der Waals surface area contributed by atoms with E-state index >= 15 is 0 Å². The van der Waals surface area contributed by atoms with E-state index in [0.717, 1.165) is 28.9 Å². The van der Waals surface area contributed by atoms with E-state index in [-0.39, 0.29) is 6.10 Å². The number of hydrogen-bond donors (Lipinski definition) is 1. The van der Waals surface area contributed by atoms with E-state index in [4.69, 9.17) is 0 Å². The molecule has 3 nitrogen and oxygen atoms in total. The molecule has 1 fully saturated rings. The Morgan fingerprint density at radius 1 is 1.44 bits per heavy atom. The van der Waals surface area contributed by atoms with Crippen molar-refractivity contribution >= 4 is 15.9 Å². The van der Waals surface area contributed by atoms with Gasteiger partial charge in [-0.15, -0.1) is 0 Å². The lowest BCUT2D eigenvalue weighted by Crippen LogP contribution is -2.21. The van der Waals surface area contributed by atoms with Gasteiger partial charge in [0.25, 0.3) is 0 Å². The highest BCUT2D eigenvalue weighted by atomic mass is 79.9. The molecule has 0 bridgehead atoms. The third-order valence-corrected chi connectivity index (χ3v) is 4.34. The summed E-state index contributed by atoms with van der Waals surface area (Å²) in [6.45, 7) is 2.29. The Labute approximate surface area is 105 Å². The van der Waals surface area contributed by atoms with Crippen LogP contribution in [0.4, 0.5) is 0 Å². The maximum absolute atomic E-state index is 10.4. The predicted octanol–water partition coefficient (Wildman–Crippen LogP) is 3.04. The van der Waals surface area contributed by atoms with Gasteiger partial charge in [0.15, 0.2) is 0 Å². The summed E-state index contributed by atoms with van der Waals surface area (Å²) in [5.74, 6) is 1.21. The summed E-state index contributed by atoms with van der Waals surface area (Å²) in [6.07, 6.45) is 6.09. The molecule has 1 N–H and O–H groups in total. The van der Waals surface area contributed by atoms with Crippen LogP contribution >= 0.6 is 15.9 Å². The highest BCUT2D eigenvalue weighted by Crippen LogP contribution is 2.38. The molecule has 1 aliphatic rings. The van der Waals surface area contributed by atoms with Gasteiger partial charge in [-0.05, 0) is 40.6 Å². The second-order valence-corrected chi connectivity index (χ2v) is 5.82. The summed E-state index contributed by atoms with van der Waals surface area (Å²) in [6, 6.07) is 0. The van der Waals surface area contributed by atoms with Crippen molar-refractivity contribution in [3.05, 3.63) is 16.4 Å². The lowest BCUT2D eigenvalue weighted by atomic mass is 9.79. The fourth-order valence-electron chi connectivity index (χ4n) is 2.58. The van der Waals surface area contributed by atoms with E-state index < -0.39 is 0 Å². The second-order valence-electron chi connectivity index (χ2n) is 4.97. The smallest absolute Gasteiger partial charge is 0.0996 e. The largest absolute Gasteiger partial charge is 0.386 e. The van der Waals surface area contributed by atoms with Gasteiger partial charge in [0.05, 0.1) is 22.5 Å². The Hall–Kier alpha value is -0.350. The van der Waals surface area contributed by atoms with E-state index in [1.165, 1.54) is 12.8 Å². The molecular formula is C12H19BrN2O. The van der Waals surface area contributed by atoms with Crippen LogP contribution in [0.15, 0.2) is 10.7 Å². The van der Waals surface area contributed by atoms with E-state index in [1.54, 1.807) is 10.9 Å². The molecule has 0 spiro atoms. The molecule has 4 heteroatoms. The summed E-state index contributed by atoms with van der Waals surface area (Å²) in [7, 11) is 1.88. The maximum atomic E-state index is 10.4. The summed E-state index contributed by atoms with van der Waals surface area (Å²) in [5.41, 5.74) is 0.916. The lowest BCUT2D eigenvalue weighted by molar-refractivity contribution is 0.0684. The Kier molecular flexibility index (Phi) is 3.70. The number of rotatable bonds is 2. The van der Waals surface area contributed by atoms with Gasteiger partial charge in [-0.25, -0.2) is 0 Å². The topological polar surface area (TPSA) is 38.1 Å². The minimum absolute atomic E-state index is 0.380. The Bertz CT molecular complexity index is 336. The molecule has 2 rings (SSSR count). The van der Waals surface area contributed by atoms with Crippen LogP contribution in [0, 0.1) is 11.8 Å². The molecule has 0 radical (unpaired) electrons. The molecule has 1 aliphatic carbocycles. The monoisotopic (exact) mass is 286 g/mol. The summed E-state index contributed by atoms with van der Waals surface area (Å²) >= 11 is 3.45. The fraction of sp³-hybridized carbons (Fsp3) is 0.750. The highest BCUT2D eigenvalue weighted by molar-refractivity contribution is 9.10. The number of nitrogens with zero attached hydrogens (tertiary/aromatic N) is 2. The van der Waals surface area contributed by atoms with Crippen molar-refractivity contribution in [3.8, 4) is 0 Å². The molecule has 1 unspecified atom stereocenters. The normalized spacial score (nSPS) is 28.0. The molecule has 16 heavy (non-hydrogen) atoms. The molecule has 1 saturated carbocycles. The van der Waals surface area contributed by atoms with E-state index in [2.05, 4.69) is 28.0 Å². The summed E-state index contributed by atoms with van der Waals surface area (Å²) in [4.78, 5) is 0. The maximum Gasteiger partial charge on any atom is 0.0996 e. The van der Waals surface area contributed by atoms with Crippen LogP contribution in [-0.4, -0.2) is 14.9 Å². The number of aromatic nitrogens is 2. The van der Waals surface area contributed by atoms with Crippen molar-refractivity contribution < 1.29 is 5.11 Å². The van der Waals surface area contributed by atoms with E-state index in [1.807, 2.05) is 7.05 Å². The first kappa shape index (κ1) is 12.1. The van der Waals surface area contributed by atoms with Gasteiger partial charge in [0, 0.05) is 7.05 Å². The number of aliphatic hydroxyl groups excluding tert-OH is 1. The Morgan fingerprint density at radius 2 is 2.06 bits per heavy atom. The van der Waals surface area contributed by atoms with Gasteiger partial charge >= 0.3 is 0 Å². The zero-order chi connectivity index (χ0) is 11.7. The third-order valence-electron chi connectivity index (χ3n) is 3.72. The molecular weight excluding hydrogens is 268 g/mol. The van der Waals surface area contributed by atoms with Crippen LogP contribution < -0.4 is 0 Å². The van der Waals surface area contributed by atoms with Crippen molar-refractivity contribution in [1.82, 2.24) is 9.78 Å². The molecule has 1 aromatic rings. The minimum atomic E-state index is -0.380. The first-order chi connectivity index (χ1) is 7.59. The zero-order valence-corrected chi connectivity index (χ0v) is 11.4. The highest BCUT2D eigenvalue weighted by Gasteiger charge is 2.28. The predicted molar refractivity (Wildman–Crippen MR) is 67.0 cm³/mol. The molecule has 0 saturated heterocycles. The van der Waals surface area contributed by atoms with Gasteiger partial charge in [0.1, 0.15) is 0 Å². The zero-order valence-electron chi connectivity index (χ0n) is 9.86. The molecule has 1 aromatic heterocycles. The van der Waals surface area contributed by atoms with Crippen molar-refractivity contribution in [3.63, 3.8) is 0 Å². The number of halogens is 1. The van der Waals surface area contributed by atoms with Crippen molar-refractivity contribution in [2.45, 2.75) is 38.7 Å². The minimum Gasteiger partial charge on any atom is -0.386 e. The number of aliphatic hydroxyl groups is 1. The molecule has 1 atom stereocenters. The number of aryl methyl sites for hydroxylation is 1. The number of hydrogen-bond acceptors (Lipinski definition) is 2. The standard InChI is InChI=1S/C12H19BrN2O/c1-8-3-5-9(6-4-8)12(16)11-10(13)7-14-15(11)2/h7-9,12,16H,3-6H2,1-2H3. The Morgan fingerprint density at radius 3 is 2.56 bits per heavy atom.